The van der Waals surface area contributed by atoms with Gasteiger partial charge in [0.1, 0.15) is 0 Å². The van der Waals surface area contributed by atoms with Crippen LogP contribution in [-0.2, 0) is 0 Å². The van der Waals surface area contributed by atoms with Crippen LogP contribution < -0.4 is 0 Å². The quantitative estimate of drug-likeness (QED) is 0.508. The summed E-state index contributed by atoms with van der Waals surface area (Å²) in [6.07, 6.45) is 0. The first-order valence-electron chi connectivity index (χ1n) is 2.85. The highest BCUT2D eigenvalue weighted by atomic mass is 15.0. The molecule has 0 aliphatic carbocycles. The Morgan fingerprint density at radius 1 is 1.38 bits per heavy atom. The summed E-state index contributed by atoms with van der Waals surface area (Å²) in [6, 6.07) is 0.141. The van der Waals surface area contributed by atoms with Gasteiger partial charge in [0.15, 0.2) is 0 Å². The second-order valence-corrected chi connectivity index (χ2v) is 3.17. The summed E-state index contributed by atoms with van der Waals surface area (Å²) in [4.78, 5) is 0. The van der Waals surface area contributed by atoms with Crippen molar-refractivity contribution >= 4 is 0 Å². The smallest absolute Gasteiger partial charge is 0.0725 e. The third-order valence-corrected chi connectivity index (χ3v) is 1.45. The first-order valence-corrected chi connectivity index (χ1v) is 2.85. The van der Waals surface area contributed by atoms with E-state index in [1.165, 1.54) is 0 Å². The van der Waals surface area contributed by atoms with Gasteiger partial charge in [-0.3, -0.25) is 0 Å². The molecule has 0 amide bonds. The van der Waals surface area contributed by atoms with E-state index >= 15 is 0 Å². The van der Waals surface area contributed by atoms with Crippen molar-refractivity contribution in [3.8, 4) is 0 Å². The minimum atomic E-state index is 0.141. The monoisotopic (exact) mass is 114 g/mol. The second kappa shape index (κ2) is 2.25. The molecule has 0 aromatic carbocycles. The van der Waals surface area contributed by atoms with Crippen LogP contribution in [0.1, 0.15) is 27.7 Å². The van der Waals surface area contributed by atoms with Crippen LogP contribution in [0, 0.1) is 10.9 Å². The van der Waals surface area contributed by atoms with E-state index in [0.717, 1.165) is 0 Å². The number of rotatable bonds is 1. The maximum absolute atomic E-state index is 6.69. The summed E-state index contributed by atoms with van der Waals surface area (Å²) in [5, 5.41) is 3.41. The van der Waals surface area contributed by atoms with Crippen molar-refractivity contribution in [2.45, 2.75) is 33.7 Å². The summed E-state index contributed by atoms with van der Waals surface area (Å²) in [6.45, 7) is 8.19. The molecular weight excluding hydrogens is 100 g/mol. The Kier molecular flexibility index (Phi) is 2.13. The second-order valence-electron chi connectivity index (χ2n) is 3.17. The van der Waals surface area contributed by atoms with Crippen LogP contribution in [0.15, 0.2) is 5.11 Å². The van der Waals surface area contributed by atoms with Gasteiger partial charge in [-0.2, -0.15) is 5.11 Å². The molecule has 1 atom stereocenters. The van der Waals surface area contributed by atoms with Crippen molar-refractivity contribution < 1.29 is 0 Å². The molecule has 0 aromatic rings. The fourth-order valence-corrected chi connectivity index (χ4v) is 0.194. The Bertz CT molecular complexity index is 81.0. The molecule has 0 radical (unpaired) electrons. The Labute approximate surface area is 50.8 Å². The summed E-state index contributed by atoms with van der Waals surface area (Å²) in [5.74, 6) is 0. The van der Waals surface area contributed by atoms with Gasteiger partial charge in [-0.15, -0.1) is 0 Å². The predicted octanol–water partition coefficient (Wildman–Crippen LogP) is 2.45. The lowest BCUT2D eigenvalue weighted by Crippen LogP contribution is -2.19. The first-order chi connectivity index (χ1) is 3.48. The van der Waals surface area contributed by atoms with E-state index in [4.69, 9.17) is 5.53 Å². The lowest BCUT2D eigenvalue weighted by molar-refractivity contribution is 0.328. The molecule has 0 bridgehead atoms. The molecule has 2 heteroatoms. The molecule has 0 heterocycles. The number of nitrogens with zero attached hydrogens (tertiary/aromatic N) is 1. The Hall–Kier alpha value is -0.400. The molecule has 1 unspecified atom stereocenters. The lowest BCUT2D eigenvalue weighted by atomic mass is 9.89. The van der Waals surface area contributed by atoms with Gasteiger partial charge in [0.25, 0.3) is 0 Å². The largest absolute Gasteiger partial charge is 0.210 e. The van der Waals surface area contributed by atoms with E-state index in [1.54, 1.807) is 0 Å². The van der Waals surface area contributed by atoms with Gasteiger partial charge in [-0.1, -0.05) is 20.8 Å². The topological polar surface area (TPSA) is 36.2 Å². The highest BCUT2D eigenvalue weighted by Crippen LogP contribution is 2.20. The average molecular weight is 114 g/mol. The Balaban J connectivity index is 3.80. The van der Waals surface area contributed by atoms with Crippen molar-refractivity contribution in [3.05, 3.63) is 0 Å². The average Bonchev–Trinajstić information content (AvgIpc) is 1.62. The molecule has 0 saturated carbocycles. The zero-order valence-corrected chi connectivity index (χ0v) is 6.02. The molecule has 2 nitrogen and oxygen atoms in total. The number of nitrogens with one attached hydrogen (secondary N) is 1. The molecule has 8 heavy (non-hydrogen) atoms. The van der Waals surface area contributed by atoms with Crippen LogP contribution in [0.5, 0.6) is 0 Å². The van der Waals surface area contributed by atoms with Gasteiger partial charge in [-0.25, -0.2) is 5.53 Å². The van der Waals surface area contributed by atoms with Crippen LogP contribution in [0.4, 0.5) is 0 Å². The molecule has 0 rings (SSSR count). The summed E-state index contributed by atoms with van der Waals surface area (Å²) in [5.41, 5.74) is 6.84. The number of hydrogen-bond donors (Lipinski definition) is 1. The standard InChI is InChI=1S/C6H14N2/c1-5(8-7)6(2,3)4/h5,7H,1-4H3. The van der Waals surface area contributed by atoms with Crippen LogP contribution >= 0.6 is 0 Å². The predicted molar refractivity (Wildman–Crippen MR) is 34.1 cm³/mol. The van der Waals surface area contributed by atoms with Crippen molar-refractivity contribution in [3.63, 3.8) is 0 Å². The molecule has 1 N–H and O–H groups in total. The van der Waals surface area contributed by atoms with E-state index in [1.807, 2.05) is 6.92 Å². The molecule has 0 aromatic heterocycles. The van der Waals surface area contributed by atoms with Crippen molar-refractivity contribution in [1.82, 2.24) is 0 Å². The third kappa shape index (κ3) is 2.05. The van der Waals surface area contributed by atoms with Gasteiger partial charge >= 0.3 is 0 Å². The van der Waals surface area contributed by atoms with Crippen LogP contribution in [-0.4, -0.2) is 6.04 Å². The molecule has 0 saturated heterocycles. The van der Waals surface area contributed by atoms with E-state index in [-0.39, 0.29) is 11.5 Å². The Morgan fingerprint density at radius 2 is 1.75 bits per heavy atom. The molecule has 48 valence electrons. The molecular formula is C6H14N2. The van der Waals surface area contributed by atoms with E-state index in [0.29, 0.717) is 0 Å². The summed E-state index contributed by atoms with van der Waals surface area (Å²) in [7, 11) is 0. The summed E-state index contributed by atoms with van der Waals surface area (Å²) >= 11 is 0. The fourth-order valence-electron chi connectivity index (χ4n) is 0.194. The van der Waals surface area contributed by atoms with Gasteiger partial charge < -0.3 is 0 Å². The highest BCUT2D eigenvalue weighted by Gasteiger charge is 2.18. The lowest BCUT2D eigenvalue weighted by Gasteiger charge is -2.21. The highest BCUT2D eigenvalue weighted by molar-refractivity contribution is 4.72. The zero-order chi connectivity index (χ0) is 6.78. The van der Waals surface area contributed by atoms with Crippen LogP contribution in [0.25, 0.3) is 0 Å². The van der Waals surface area contributed by atoms with Gasteiger partial charge in [0.2, 0.25) is 0 Å². The summed E-state index contributed by atoms with van der Waals surface area (Å²) < 4.78 is 0. The maximum Gasteiger partial charge on any atom is 0.0725 e. The van der Waals surface area contributed by atoms with Gasteiger partial charge in [-0.05, 0) is 12.3 Å². The van der Waals surface area contributed by atoms with Crippen LogP contribution in [0.3, 0.4) is 0 Å². The van der Waals surface area contributed by atoms with Crippen LogP contribution in [0.2, 0.25) is 0 Å². The fraction of sp³-hybridized carbons (Fsp3) is 1.00. The molecule has 0 aliphatic rings. The van der Waals surface area contributed by atoms with E-state index in [2.05, 4.69) is 25.9 Å². The van der Waals surface area contributed by atoms with Gasteiger partial charge in [0.05, 0.1) is 6.04 Å². The van der Waals surface area contributed by atoms with Gasteiger partial charge in [0, 0.05) is 0 Å². The van der Waals surface area contributed by atoms with Crippen molar-refractivity contribution in [2.24, 2.45) is 10.5 Å². The van der Waals surface area contributed by atoms with Crippen molar-refractivity contribution in [2.75, 3.05) is 0 Å². The Morgan fingerprint density at radius 3 is 1.75 bits per heavy atom. The van der Waals surface area contributed by atoms with E-state index < -0.39 is 0 Å². The SMILES string of the molecule is CC(N=N)C(C)(C)C. The normalized spacial score (nSPS) is 15.5. The van der Waals surface area contributed by atoms with E-state index in [9.17, 15) is 0 Å². The maximum atomic E-state index is 6.69. The number of hydrogen-bond acceptors (Lipinski definition) is 2. The first kappa shape index (κ1) is 7.60. The minimum absolute atomic E-state index is 0.141. The molecule has 0 aliphatic heterocycles. The van der Waals surface area contributed by atoms with Crippen molar-refractivity contribution in [1.29, 1.82) is 5.53 Å². The third-order valence-electron chi connectivity index (χ3n) is 1.45. The minimum Gasteiger partial charge on any atom is -0.210 e. The zero-order valence-electron chi connectivity index (χ0n) is 6.02. The molecule has 0 fully saturated rings. The molecule has 0 spiro atoms.